The molecule has 0 saturated carbocycles. The van der Waals surface area contributed by atoms with E-state index in [4.69, 9.17) is 0 Å². The highest BCUT2D eigenvalue weighted by Gasteiger charge is 2.12. The molecular weight excluding hydrogens is 225 g/mol. The van der Waals surface area contributed by atoms with Crippen molar-refractivity contribution in [3.8, 4) is 0 Å². The molecule has 18 heavy (non-hydrogen) atoms. The van der Waals surface area contributed by atoms with Gasteiger partial charge in [0.05, 0.1) is 5.69 Å². The van der Waals surface area contributed by atoms with Gasteiger partial charge in [0.2, 0.25) is 0 Å². The number of halogens is 1. The van der Waals surface area contributed by atoms with Gasteiger partial charge in [0.1, 0.15) is 5.82 Å². The van der Waals surface area contributed by atoms with E-state index >= 15 is 0 Å². The fourth-order valence-electron chi connectivity index (χ4n) is 1.95. The minimum Gasteiger partial charge on any atom is -0.258 e. The van der Waals surface area contributed by atoms with E-state index < -0.39 is 0 Å². The van der Waals surface area contributed by atoms with Crippen molar-refractivity contribution in [1.82, 2.24) is 0 Å². The average molecular weight is 247 g/mol. The van der Waals surface area contributed by atoms with Crippen molar-refractivity contribution in [2.45, 2.75) is 46.5 Å². The molecule has 1 unspecified atom stereocenters. The smallest absolute Gasteiger partial charge is 0.123 e. The molecule has 98 valence electrons. The minimum atomic E-state index is -0.202. The molecule has 1 nitrogen and oxygen atoms in total. The van der Waals surface area contributed by atoms with E-state index in [0.29, 0.717) is 0 Å². The van der Waals surface area contributed by atoms with E-state index in [1.54, 1.807) is 12.1 Å². The summed E-state index contributed by atoms with van der Waals surface area (Å²) in [6.07, 6.45) is 1.84. The molecule has 0 aliphatic heterocycles. The van der Waals surface area contributed by atoms with Crippen LogP contribution in [0.1, 0.15) is 52.0 Å². The van der Waals surface area contributed by atoms with Crippen LogP contribution in [-0.2, 0) is 0 Å². The highest BCUT2D eigenvalue weighted by molar-refractivity contribution is 5.82. The summed E-state index contributed by atoms with van der Waals surface area (Å²) in [6, 6.07) is 4.81. The van der Waals surface area contributed by atoms with Gasteiger partial charge < -0.3 is 0 Å². The molecule has 0 saturated heterocycles. The van der Waals surface area contributed by atoms with Crippen molar-refractivity contribution in [2.24, 2.45) is 4.99 Å². The fourth-order valence-corrected chi connectivity index (χ4v) is 1.95. The lowest BCUT2D eigenvalue weighted by Crippen LogP contribution is -1.97. The minimum absolute atomic E-state index is 0.202. The van der Waals surface area contributed by atoms with E-state index in [2.05, 4.69) is 25.4 Å². The van der Waals surface area contributed by atoms with E-state index in [1.165, 1.54) is 11.6 Å². The zero-order chi connectivity index (χ0) is 13.7. The molecule has 0 N–H and O–H groups in total. The second kappa shape index (κ2) is 6.48. The predicted molar refractivity (Wildman–Crippen MR) is 77.3 cm³/mol. The van der Waals surface area contributed by atoms with Gasteiger partial charge in [-0.2, -0.15) is 0 Å². The van der Waals surface area contributed by atoms with Crippen LogP contribution in [0.4, 0.5) is 10.1 Å². The van der Waals surface area contributed by atoms with Gasteiger partial charge in [0, 0.05) is 5.71 Å². The zero-order valence-corrected chi connectivity index (χ0v) is 11.8. The second-order valence-corrected chi connectivity index (χ2v) is 4.97. The topological polar surface area (TPSA) is 12.4 Å². The third-order valence-electron chi connectivity index (χ3n) is 2.96. The number of allylic oxidation sites excluding steroid dienone is 1. The Morgan fingerprint density at radius 1 is 1.39 bits per heavy atom. The number of hydrogen-bond donors (Lipinski definition) is 0. The van der Waals surface area contributed by atoms with Crippen LogP contribution < -0.4 is 0 Å². The SMILES string of the molecule is C=C(CC)CC(C)c1cc(F)ccc1N=C(C)C. The number of benzene rings is 1. The predicted octanol–water partition coefficient (Wildman–Crippen LogP) is 5.40. The molecule has 2 heteroatoms. The van der Waals surface area contributed by atoms with Gasteiger partial charge in [-0.15, -0.1) is 0 Å². The summed E-state index contributed by atoms with van der Waals surface area (Å²) < 4.78 is 13.4. The summed E-state index contributed by atoms with van der Waals surface area (Å²) in [4.78, 5) is 4.48. The zero-order valence-electron chi connectivity index (χ0n) is 11.8. The van der Waals surface area contributed by atoms with E-state index in [-0.39, 0.29) is 11.7 Å². The standard InChI is InChI=1S/C16H22FN/c1-6-12(4)9-13(5)15-10-14(17)7-8-16(15)18-11(2)3/h7-8,10,13H,4,6,9H2,1-3,5H3. The Morgan fingerprint density at radius 2 is 2.06 bits per heavy atom. The van der Waals surface area contributed by atoms with Crippen LogP contribution in [0.2, 0.25) is 0 Å². The maximum absolute atomic E-state index is 13.4. The van der Waals surface area contributed by atoms with Crippen LogP contribution >= 0.6 is 0 Å². The Labute approximate surface area is 109 Å². The van der Waals surface area contributed by atoms with Gasteiger partial charge in [-0.3, -0.25) is 4.99 Å². The Morgan fingerprint density at radius 3 is 2.61 bits per heavy atom. The first kappa shape index (κ1) is 14.6. The van der Waals surface area contributed by atoms with Gasteiger partial charge in [0.15, 0.2) is 0 Å². The van der Waals surface area contributed by atoms with Crippen LogP contribution in [0.15, 0.2) is 35.3 Å². The monoisotopic (exact) mass is 247 g/mol. The van der Waals surface area contributed by atoms with Crippen molar-refractivity contribution in [2.75, 3.05) is 0 Å². The number of rotatable bonds is 5. The lowest BCUT2D eigenvalue weighted by molar-refractivity contribution is 0.620. The molecule has 0 aliphatic rings. The first-order valence-corrected chi connectivity index (χ1v) is 6.42. The fraction of sp³-hybridized carbons (Fsp3) is 0.438. The van der Waals surface area contributed by atoms with Gasteiger partial charge in [-0.25, -0.2) is 4.39 Å². The third kappa shape index (κ3) is 4.10. The average Bonchev–Trinajstić information content (AvgIpc) is 2.30. The molecule has 0 spiro atoms. The Bertz CT molecular complexity index is 456. The number of hydrogen-bond acceptors (Lipinski definition) is 1. The number of nitrogens with zero attached hydrogens (tertiary/aromatic N) is 1. The molecule has 1 rings (SSSR count). The van der Waals surface area contributed by atoms with Crippen LogP contribution in [0.25, 0.3) is 0 Å². The maximum atomic E-state index is 13.4. The molecule has 0 heterocycles. The van der Waals surface area contributed by atoms with Crippen molar-refractivity contribution >= 4 is 11.4 Å². The summed E-state index contributed by atoms with van der Waals surface area (Å²) in [5.41, 5.74) is 4.00. The third-order valence-corrected chi connectivity index (χ3v) is 2.96. The molecule has 0 radical (unpaired) electrons. The molecule has 1 atom stereocenters. The summed E-state index contributed by atoms with van der Waals surface area (Å²) in [7, 11) is 0. The van der Waals surface area contributed by atoms with Crippen molar-refractivity contribution in [3.63, 3.8) is 0 Å². The highest BCUT2D eigenvalue weighted by atomic mass is 19.1. The molecule has 0 aromatic heterocycles. The lowest BCUT2D eigenvalue weighted by Gasteiger charge is -2.15. The second-order valence-electron chi connectivity index (χ2n) is 4.97. The van der Waals surface area contributed by atoms with E-state index in [1.807, 2.05) is 13.8 Å². The normalized spacial score (nSPS) is 12.1. The van der Waals surface area contributed by atoms with Crippen molar-refractivity contribution in [3.05, 3.63) is 41.7 Å². The van der Waals surface area contributed by atoms with Crippen LogP contribution in [-0.4, -0.2) is 5.71 Å². The quantitative estimate of drug-likeness (QED) is 0.488. The maximum Gasteiger partial charge on any atom is 0.123 e. The summed E-state index contributed by atoms with van der Waals surface area (Å²) in [5, 5.41) is 0. The number of aliphatic imine (C=N–C) groups is 1. The highest BCUT2D eigenvalue weighted by Crippen LogP contribution is 2.32. The van der Waals surface area contributed by atoms with E-state index in [0.717, 1.165) is 29.8 Å². The van der Waals surface area contributed by atoms with Gasteiger partial charge in [0.25, 0.3) is 0 Å². The van der Waals surface area contributed by atoms with Crippen LogP contribution in [0.5, 0.6) is 0 Å². The Kier molecular flexibility index (Phi) is 5.26. The molecule has 0 fully saturated rings. The molecule has 0 aliphatic carbocycles. The molecule has 0 amide bonds. The first-order chi connectivity index (χ1) is 8.43. The first-order valence-electron chi connectivity index (χ1n) is 6.42. The van der Waals surface area contributed by atoms with Gasteiger partial charge in [-0.1, -0.05) is 26.0 Å². The molecule has 0 bridgehead atoms. The van der Waals surface area contributed by atoms with Gasteiger partial charge >= 0.3 is 0 Å². The molecular formula is C16H22FN. The van der Waals surface area contributed by atoms with Crippen LogP contribution in [0.3, 0.4) is 0 Å². The van der Waals surface area contributed by atoms with E-state index in [9.17, 15) is 4.39 Å². The van der Waals surface area contributed by atoms with Crippen molar-refractivity contribution < 1.29 is 4.39 Å². The lowest BCUT2D eigenvalue weighted by atomic mass is 9.92. The molecule has 1 aromatic rings. The summed E-state index contributed by atoms with van der Waals surface area (Å²) in [5.74, 6) is 0.0397. The van der Waals surface area contributed by atoms with Crippen LogP contribution in [0, 0.1) is 5.82 Å². The van der Waals surface area contributed by atoms with Crippen molar-refractivity contribution in [1.29, 1.82) is 0 Å². The Balaban J connectivity index is 3.08. The largest absolute Gasteiger partial charge is 0.258 e. The van der Waals surface area contributed by atoms with Gasteiger partial charge in [-0.05, 0) is 56.4 Å². The Hall–Kier alpha value is -1.44. The summed E-state index contributed by atoms with van der Waals surface area (Å²) in [6.45, 7) is 12.1. The summed E-state index contributed by atoms with van der Waals surface area (Å²) >= 11 is 0. The molecule has 1 aromatic carbocycles.